The zero-order valence-corrected chi connectivity index (χ0v) is 31.5. The summed E-state index contributed by atoms with van der Waals surface area (Å²) in [5.41, 5.74) is 5.15. The second-order valence-electron chi connectivity index (χ2n) is 14.9. The monoisotopic (exact) mass is 791 g/mol. The zero-order chi connectivity index (χ0) is 39.5. The maximum absolute atomic E-state index is 13.1. The minimum absolute atomic E-state index is 0.0475. The third-order valence-corrected chi connectivity index (χ3v) is 11.4. The van der Waals surface area contributed by atoms with Crippen LogP contribution in [0.15, 0.2) is 97.1 Å². The van der Waals surface area contributed by atoms with Crippen LogP contribution in [0.2, 0.25) is 5.02 Å². The standard InChI is InChI=1S/C43H45ClF3N3O6/c44-35-16-14-34(15-17-35)42(54)18-21-49(22-19-42)26-36-24-38(31-8-6-28(27-51)7-9-31)56-40(55-36)32-12-10-30(11-13-32)33-4-1-3-29(23-33)25-48-39(52)37-5-2-20-50(37)41(53)43(45,46)47/h1,3-4,6-17,23,36-38,40,51,54H,2,5,18-22,24-27H2,(H,48,52)/t36-,37+,38+,40+/m1/s1. The lowest BCUT2D eigenvalue weighted by atomic mass is 9.84. The molecular weight excluding hydrogens is 747 g/mol. The third kappa shape index (κ3) is 9.28. The van der Waals surface area contributed by atoms with Crippen molar-refractivity contribution in [1.82, 2.24) is 15.1 Å². The molecule has 56 heavy (non-hydrogen) atoms. The highest BCUT2D eigenvalue weighted by atomic mass is 35.5. The molecule has 0 saturated carbocycles. The number of nitrogens with zero attached hydrogens (tertiary/aromatic N) is 2. The van der Waals surface area contributed by atoms with Crippen molar-refractivity contribution >= 4 is 23.4 Å². The van der Waals surface area contributed by atoms with Gasteiger partial charge in [0.15, 0.2) is 6.29 Å². The van der Waals surface area contributed by atoms with E-state index in [1.54, 1.807) is 12.1 Å². The number of halogens is 4. The molecule has 296 valence electrons. The van der Waals surface area contributed by atoms with Crippen molar-refractivity contribution in [1.29, 1.82) is 0 Å². The quantitative estimate of drug-likeness (QED) is 0.156. The number of ether oxygens (including phenoxy) is 2. The number of aliphatic hydroxyl groups is 2. The van der Waals surface area contributed by atoms with Gasteiger partial charge in [0, 0.05) is 49.7 Å². The smallest absolute Gasteiger partial charge is 0.392 e. The molecule has 3 aliphatic rings. The van der Waals surface area contributed by atoms with Gasteiger partial charge in [-0.15, -0.1) is 0 Å². The van der Waals surface area contributed by atoms with Crippen LogP contribution in [0.1, 0.15) is 72.3 Å². The number of alkyl halides is 3. The van der Waals surface area contributed by atoms with Crippen LogP contribution in [-0.2, 0) is 37.8 Å². The summed E-state index contributed by atoms with van der Waals surface area (Å²) in [4.78, 5) is 27.6. The van der Waals surface area contributed by atoms with Gasteiger partial charge in [-0.3, -0.25) is 9.59 Å². The van der Waals surface area contributed by atoms with Crippen LogP contribution in [0, 0.1) is 0 Å². The van der Waals surface area contributed by atoms with Crippen molar-refractivity contribution in [3.63, 3.8) is 0 Å². The van der Waals surface area contributed by atoms with Crippen molar-refractivity contribution in [2.75, 3.05) is 26.2 Å². The topological polar surface area (TPSA) is 112 Å². The summed E-state index contributed by atoms with van der Waals surface area (Å²) in [7, 11) is 0. The highest BCUT2D eigenvalue weighted by Crippen LogP contribution is 2.40. The number of likely N-dealkylation sites (tertiary alicyclic amines) is 2. The molecule has 0 spiro atoms. The molecule has 3 heterocycles. The Hall–Kier alpha value is -4.30. The Labute approximate surface area is 329 Å². The average molecular weight is 792 g/mol. The molecule has 0 radical (unpaired) electrons. The molecule has 3 fully saturated rings. The number of carbonyl (C=O) groups is 2. The largest absolute Gasteiger partial charge is 0.471 e. The van der Waals surface area contributed by atoms with E-state index in [9.17, 15) is 33.0 Å². The number of hydrogen-bond donors (Lipinski definition) is 3. The molecule has 4 atom stereocenters. The third-order valence-electron chi connectivity index (χ3n) is 11.1. The molecule has 0 aliphatic carbocycles. The van der Waals surface area contributed by atoms with Crippen molar-refractivity contribution < 1.29 is 42.4 Å². The van der Waals surface area contributed by atoms with Gasteiger partial charge in [0.1, 0.15) is 6.04 Å². The van der Waals surface area contributed by atoms with Crippen molar-refractivity contribution in [3.8, 4) is 11.1 Å². The minimum Gasteiger partial charge on any atom is -0.392 e. The lowest BCUT2D eigenvalue weighted by Crippen LogP contribution is -2.50. The summed E-state index contributed by atoms with van der Waals surface area (Å²) in [5, 5.41) is 24.4. The van der Waals surface area contributed by atoms with Gasteiger partial charge in [0.05, 0.1) is 24.4 Å². The number of aliphatic hydroxyl groups excluding tert-OH is 1. The first kappa shape index (κ1) is 39.9. The van der Waals surface area contributed by atoms with E-state index in [2.05, 4.69) is 10.2 Å². The van der Waals surface area contributed by atoms with Gasteiger partial charge in [-0.25, -0.2) is 0 Å². The van der Waals surface area contributed by atoms with Gasteiger partial charge in [0.25, 0.3) is 0 Å². The van der Waals surface area contributed by atoms with E-state index in [1.807, 2.05) is 84.9 Å². The number of amides is 2. The zero-order valence-electron chi connectivity index (χ0n) is 30.8. The summed E-state index contributed by atoms with van der Waals surface area (Å²) in [5.74, 6) is -2.60. The van der Waals surface area contributed by atoms with E-state index in [0.29, 0.717) is 55.2 Å². The van der Waals surface area contributed by atoms with Crippen LogP contribution in [0.3, 0.4) is 0 Å². The molecule has 3 aliphatic heterocycles. The summed E-state index contributed by atoms with van der Waals surface area (Å²) >= 11 is 6.08. The summed E-state index contributed by atoms with van der Waals surface area (Å²) < 4.78 is 52.4. The number of rotatable bonds is 10. The molecule has 0 aromatic heterocycles. The molecule has 7 rings (SSSR count). The van der Waals surface area contributed by atoms with Crippen LogP contribution < -0.4 is 5.32 Å². The summed E-state index contributed by atoms with van der Waals surface area (Å²) in [6.45, 7) is 2.02. The van der Waals surface area contributed by atoms with E-state index in [1.165, 1.54) is 0 Å². The van der Waals surface area contributed by atoms with Crippen molar-refractivity contribution in [2.45, 2.75) is 81.6 Å². The van der Waals surface area contributed by atoms with Crippen LogP contribution in [0.5, 0.6) is 0 Å². The van der Waals surface area contributed by atoms with Gasteiger partial charge in [-0.1, -0.05) is 90.5 Å². The van der Waals surface area contributed by atoms with Crippen molar-refractivity contribution in [2.24, 2.45) is 0 Å². The van der Waals surface area contributed by atoms with Crippen LogP contribution in [-0.4, -0.2) is 76.3 Å². The van der Waals surface area contributed by atoms with Gasteiger partial charge in [0.2, 0.25) is 5.91 Å². The lowest BCUT2D eigenvalue weighted by molar-refractivity contribution is -0.253. The lowest BCUT2D eigenvalue weighted by Gasteiger charge is -2.42. The SMILES string of the molecule is O=C(NCc1cccc(-c2ccc([C@H]3O[C@@H](CN4CCC(O)(c5ccc(Cl)cc5)CC4)C[C@@H](c4ccc(CO)cc4)O3)cc2)c1)[C@@H]1CCCN1C(=O)C(F)(F)F. The molecule has 4 aromatic rings. The summed E-state index contributed by atoms with van der Waals surface area (Å²) in [6, 6.07) is 29.4. The molecular formula is C43H45ClF3N3O6. The predicted molar refractivity (Wildman–Crippen MR) is 204 cm³/mol. The second-order valence-corrected chi connectivity index (χ2v) is 15.3. The second kappa shape index (κ2) is 17.1. The van der Waals surface area contributed by atoms with Gasteiger partial charge in [-0.05, 0) is 77.3 Å². The van der Waals surface area contributed by atoms with Crippen molar-refractivity contribution in [3.05, 3.63) is 130 Å². The van der Waals surface area contributed by atoms with Gasteiger partial charge < -0.3 is 34.8 Å². The fourth-order valence-corrected chi connectivity index (χ4v) is 8.05. The molecule has 9 nitrogen and oxygen atoms in total. The van der Waals surface area contributed by atoms with E-state index in [-0.39, 0.29) is 38.3 Å². The van der Waals surface area contributed by atoms with E-state index < -0.39 is 35.9 Å². The molecule has 0 bridgehead atoms. The molecule has 2 amide bonds. The Bertz CT molecular complexity index is 1970. The maximum atomic E-state index is 13.1. The first-order chi connectivity index (χ1) is 26.9. The molecule has 3 N–H and O–H groups in total. The first-order valence-electron chi connectivity index (χ1n) is 18.9. The van der Waals surface area contributed by atoms with E-state index in [0.717, 1.165) is 38.9 Å². The highest BCUT2D eigenvalue weighted by molar-refractivity contribution is 6.30. The predicted octanol–water partition coefficient (Wildman–Crippen LogP) is 7.20. The number of benzene rings is 4. The Morgan fingerprint density at radius 3 is 2.23 bits per heavy atom. The molecule has 3 saturated heterocycles. The summed E-state index contributed by atoms with van der Waals surface area (Å²) in [6.07, 6.45) is -3.77. The fraction of sp³-hybridized carbons (Fsp3) is 0.395. The Kier molecular flexibility index (Phi) is 12.2. The Balaban J connectivity index is 1.01. The number of hydrogen-bond acceptors (Lipinski definition) is 7. The van der Waals surface area contributed by atoms with Crippen LogP contribution >= 0.6 is 11.6 Å². The Morgan fingerprint density at radius 1 is 0.857 bits per heavy atom. The fourth-order valence-electron chi connectivity index (χ4n) is 7.92. The molecule has 4 aromatic carbocycles. The average Bonchev–Trinajstić information content (AvgIpc) is 3.71. The number of carbonyl (C=O) groups excluding carboxylic acids is 2. The Morgan fingerprint density at radius 2 is 1.55 bits per heavy atom. The van der Waals surface area contributed by atoms with Gasteiger partial charge in [-0.2, -0.15) is 13.2 Å². The maximum Gasteiger partial charge on any atom is 0.471 e. The first-order valence-corrected chi connectivity index (χ1v) is 19.3. The minimum atomic E-state index is -5.03. The van der Waals surface area contributed by atoms with E-state index in [4.69, 9.17) is 21.1 Å². The van der Waals surface area contributed by atoms with Gasteiger partial charge >= 0.3 is 12.1 Å². The molecule has 13 heteroatoms. The number of nitrogens with one attached hydrogen (secondary N) is 1. The van der Waals surface area contributed by atoms with Crippen LogP contribution in [0.4, 0.5) is 13.2 Å². The number of piperidine rings is 1. The molecule has 0 unspecified atom stereocenters. The van der Waals surface area contributed by atoms with E-state index >= 15 is 0 Å². The van der Waals surface area contributed by atoms with Crippen LogP contribution in [0.25, 0.3) is 11.1 Å². The highest BCUT2D eigenvalue weighted by Gasteiger charge is 2.47. The normalized spacial score (nSPS) is 22.9.